The van der Waals surface area contributed by atoms with Gasteiger partial charge in [0, 0.05) is 38.4 Å². The Morgan fingerprint density at radius 2 is 2.18 bits per heavy atom. The van der Waals surface area contributed by atoms with Gasteiger partial charge in [0.15, 0.2) is 0 Å². The monoisotopic (exact) mass is 236 g/mol. The number of piperazine rings is 1. The average molecular weight is 236 g/mol. The maximum absolute atomic E-state index is 12.1. The van der Waals surface area contributed by atoms with Crippen LogP contribution in [0.1, 0.15) is 19.3 Å². The molecule has 1 saturated carbocycles. The molecule has 4 nitrogen and oxygen atoms in total. The van der Waals surface area contributed by atoms with Crippen LogP contribution in [-0.2, 0) is 9.53 Å². The molecule has 0 aromatic rings. The zero-order chi connectivity index (χ0) is 11.7. The first kappa shape index (κ1) is 11.2. The number of fused-ring (bicyclic) bond motifs is 1. The molecule has 0 spiro atoms. The largest absolute Gasteiger partial charge is 0.381 e. The molecule has 1 aliphatic carbocycles. The number of amides is 1. The van der Waals surface area contributed by atoms with E-state index in [4.69, 9.17) is 4.74 Å². The lowest BCUT2D eigenvalue weighted by Crippen LogP contribution is -2.46. The summed E-state index contributed by atoms with van der Waals surface area (Å²) in [7, 11) is 0. The maximum atomic E-state index is 12.1. The van der Waals surface area contributed by atoms with Crippen LogP contribution in [0, 0.1) is 5.92 Å². The highest BCUT2D eigenvalue weighted by Gasteiger charge is 2.45. The Balaban J connectivity index is 1.53. The number of ether oxygens (including phenoxy) is 1. The number of nitrogens with one attached hydrogen (secondary N) is 1. The number of carbonyl (C=O) groups excluding carboxylic acids is 1. The Morgan fingerprint density at radius 3 is 3.00 bits per heavy atom. The van der Waals surface area contributed by atoms with Gasteiger partial charge in [0.2, 0.25) is 5.91 Å². The molecule has 0 radical (unpaired) electrons. The predicted octanol–water partition coefficient (Wildman–Crippen LogP) is 0.542. The van der Waals surface area contributed by atoms with Crippen molar-refractivity contribution in [3.05, 3.63) is 12.2 Å². The van der Waals surface area contributed by atoms with E-state index in [-0.39, 0.29) is 5.91 Å². The van der Waals surface area contributed by atoms with Gasteiger partial charge in [-0.05, 0) is 31.3 Å². The van der Waals surface area contributed by atoms with E-state index in [0.717, 1.165) is 45.6 Å². The normalized spacial score (nSPS) is 33.8. The first-order valence-corrected chi connectivity index (χ1v) is 6.64. The van der Waals surface area contributed by atoms with Gasteiger partial charge < -0.3 is 15.0 Å². The van der Waals surface area contributed by atoms with Crippen molar-refractivity contribution in [3.63, 3.8) is 0 Å². The van der Waals surface area contributed by atoms with Gasteiger partial charge in [-0.25, -0.2) is 0 Å². The average Bonchev–Trinajstić information content (AvgIpc) is 3.16. The van der Waals surface area contributed by atoms with Crippen LogP contribution in [-0.4, -0.2) is 49.2 Å². The molecule has 0 aromatic carbocycles. The Morgan fingerprint density at radius 1 is 1.35 bits per heavy atom. The third kappa shape index (κ3) is 2.53. The highest BCUT2D eigenvalue weighted by molar-refractivity contribution is 5.88. The first-order valence-electron chi connectivity index (χ1n) is 6.64. The zero-order valence-corrected chi connectivity index (χ0v) is 10.1. The Kier molecular flexibility index (Phi) is 3.16. The smallest absolute Gasteiger partial charge is 0.246 e. The van der Waals surface area contributed by atoms with Crippen molar-refractivity contribution in [2.45, 2.75) is 31.3 Å². The third-order valence-electron chi connectivity index (χ3n) is 3.98. The van der Waals surface area contributed by atoms with Gasteiger partial charge in [-0.15, -0.1) is 0 Å². The Bertz CT molecular complexity index is 323. The summed E-state index contributed by atoms with van der Waals surface area (Å²) >= 11 is 0. The molecule has 0 aromatic heterocycles. The number of allylic oxidation sites excluding steroid dienone is 1. The summed E-state index contributed by atoms with van der Waals surface area (Å²) in [4.78, 5) is 14.1. The summed E-state index contributed by atoms with van der Waals surface area (Å²) in [6, 6.07) is 1.04. The van der Waals surface area contributed by atoms with Crippen molar-refractivity contribution in [3.8, 4) is 0 Å². The van der Waals surface area contributed by atoms with Crippen LogP contribution in [0.5, 0.6) is 0 Å². The minimum Gasteiger partial charge on any atom is -0.381 e. The lowest BCUT2D eigenvalue weighted by Gasteiger charge is -2.26. The third-order valence-corrected chi connectivity index (χ3v) is 3.98. The summed E-state index contributed by atoms with van der Waals surface area (Å²) in [5.74, 6) is 0.733. The number of nitrogens with zero attached hydrogens (tertiary/aromatic N) is 1. The van der Waals surface area contributed by atoms with Crippen LogP contribution in [0.15, 0.2) is 12.2 Å². The highest BCUT2D eigenvalue weighted by Crippen LogP contribution is 2.30. The first-order chi connectivity index (χ1) is 8.34. The minimum absolute atomic E-state index is 0.200. The van der Waals surface area contributed by atoms with Crippen molar-refractivity contribution in [2.24, 2.45) is 5.92 Å². The molecule has 0 bridgehead atoms. The molecule has 1 amide bonds. The summed E-state index contributed by atoms with van der Waals surface area (Å²) in [5.41, 5.74) is 0. The Labute approximate surface area is 102 Å². The Hall–Kier alpha value is -0.870. The van der Waals surface area contributed by atoms with Crippen LogP contribution >= 0.6 is 0 Å². The van der Waals surface area contributed by atoms with Crippen molar-refractivity contribution in [2.75, 3.05) is 26.3 Å². The van der Waals surface area contributed by atoms with Crippen molar-refractivity contribution in [1.82, 2.24) is 10.2 Å². The summed E-state index contributed by atoms with van der Waals surface area (Å²) < 4.78 is 5.31. The lowest BCUT2D eigenvalue weighted by molar-refractivity contribution is -0.127. The second kappa shape index (κ2) is 4.78. The molecular weight excluding hydrogens is 216 g/mol. The molecule has 1 N–H and O–H groups in total. The molecule has 2 atom stereocenters. The van der Waals surface area contributed by atoms with Crippen LogP contribution in [0.4, 0.5) is 0 Å². The van der Waals surface area contributed by atoms with Crippen LogP contribution in [0.3, 0.4) is 0 Å². The van der Waals surface area contributed by atoms with Gasteiger partial charge in [-0.3, -0.25) is 4.79 Å². The van der Waals surface area contributed by atoms with Gasteiger partial charge in [-0.1, -0.05) is 6.08 Å². The molecule has 3 aliphatic rings. The van der Waals surface area contributed by atoms with Gasteiger partial charge in [0.1, 0.15) is 0 Å². The van der Waals surface area contributed by atoms with E-state index in [1.54, 1.807) is 6.08 Å². The van der Waals surface area contributed by atoms with Gasteiger partial charge in [-0.2, -0.15) is 0 Å². The molecule has 17 heavy (non-hydrogen) atoms. The van der Waals surface area contributed by atoms with E-state index in [1.807, 2.05) is 4.90 Å². The van der Waals surface area contributed by atoms with Crippen LogP contribution < -0.4 is 5.32 Å². The van der Waals surface area contributed by atoms with Gasteiger partial charge >= 0.3 is 0 Å². The van der Waals surface area contributed by atoms with E-state index in [0.29, 0.717) is 18.0 Å². The van der Waals surface area contributed by atoms with E-state index in [2.05, 4.69) is 11.4 Å². The van der Waals surface area contributed by atoms with Crippen molar-refractivity contribution in [1.29, 1.82) is 0 Å². The molecule has 2 heterocycles. The number of rotatable bonds is 2. The molecule has 2 unspecified atom stereocenters. The van der Waals surface area contributed by atoms with E-state index < -0.39 is 0 Å². The number of carbonyl (C=O) groups is 1. The second-order valence-electron chi connectivity index (χ2n) is 5.20. The van der Waals surface area contributed by atoms with E-state index in [9.17, 15) is 4.79 Å². The molecule has 3 rings (SSSR count). The topological polar surface area (TPSA) is 41.6 Å². The van der Waals surface area contributed by atoms with Gasteiger partial charge in [0.25, 0.3) is 0 Å². The lowest BCUT2D eigenvalue weighted by atomic mass is 10.00. The SMILES string of the molecule is O=C(/C=C/C1CCOCC1)N1CCNC2CC21. The quantitative estimate of drug-likeness (QED) is 0.712. The highest BCUT2D eigenvalue weighted by atomic mass is 16.5. The van der Waals surface area contributed by atoms with E-state index in [1.165, 1.54) is 0 Å². The van der Waals surface area contributed by atoms with Gasteiger partial charge in [0.05, 0.1) is 0 Å². The standard InChI is InChI=1S/C13H20N2O2/c16-13(2-1-10-3-7-17-8-4-10)15-6-5-14-11-9-12(11)15/h1-2,10-12,14H,3-9H2/b2-1+. The molecule has 94 valence electrons. The second-order valence-corrected chi connectivity index (χ2v) is 5.20. The maximum Gasteiger partial charge on any atom is 0.246 e. The zero-order valence-electron chi connectivity index (χ0n) is 10.1. The predicted molar refractivity (Wildman–Crippen MR) is 64.6 cm³/mol. The van der Waals surface area contributed by atoms with E-state index >= 15 is 0 Å². The molecule has 2 aliphatic heterocycles. The molecular formula is C13H20N2O2. The fourth-order valence-electron chi connectivity index (χ4n) is 2.78. The molecule has 2 saturated heterocycles. The fraction of sp³-hybridized carbons (Fsp3) is 0.769. The minimum atomic E-state index is 0.200. The number of hydrogen-bond donors (Lipinski definition) is 1. The van der Waals surface area contributed by atoms with Crippen LogP contribution in [0.2, 0.25) is 0 Å². The molecule has 3 fully saturated rings. The van der Waals surface area contributed by atoms with Crippen molar-refractivity contribution >= 4 is 5.91 Å². The molecule has 4 heteroatoms. The van der Waals surface area contributed by atoms with Crippen molar-refractivity contribution < 1.29 is 9.53 Å². The van der Waals surface area contributed by atoms with Crippen LogP contribution in [0.25, 0.3) is 0 Å². The number of hydrogen-bond acceptors (Lipinski definition) is 3. The fourth-order valence-corrected chi connectivity index (χ4v) is 2.78. The summed E-state index contributed by atoms with van der Waals surface area (Å²) in [5, 5.41) is 3.41. The summed E-state index contributed by atoms with van der Waals surface area (Å²) in [6.45, 7) is 3.47. The summed E-state index contributed by atoms with van der Waals surface area (Å²) in [6.07, 6.45) is 7.12.